The van der Waals surface area contributed by atoms with E-state index in [9.17, 15) is 20.0 Å². The molecule has 0 spiro atoms. The Morgan fingerprint density at radius 1 is 1.50 bits per heavy atom. The molecule has 1 unspecified atom stereocenters. The first-order valence-electron chi connectivity index (χ1n) is 6.20. The summed E-state index contributed by atoms with van der Waals surface area (Å²) >= 11 is 5.68. The minimum atomic E-state index is -0.642. The van der Waals surface area contributed by atoms with E-state index in [1.54, 1.807) is 0 Å². The molecule has 0 aliphatic carbocycles. The largest absolute Gasteiger partial charge is 0.394 e. The molecule has 0 heterocycles. The van der Waals surface area contributed by atoms with Crippen molar-refractivity contribution in [1.29, 1.82) is 0 Å². The predicted molar refractivity (Wildman–Crippen MR) is 75.9 cm³/mol. The molecule has 0 aliphatic rings. The second-order valence-corrected chi connectivity index (χ2v) is 5.31. The summed E-state index contributed by atoms with van der Waals surface area (Å²) in [6.07, 6.45) is 0.623. The molecular weight excluding hydrogens is 284 g/mol. The average Bonchev–Trinajstić information content (AvgIpc) is 2.37. The Bertz CT molecular complexity index is 505. The zero-order valence-corrected chi connectivity index (χ0v) is 12.1. The number of nitrogens with one attached hydrogen (secondary N) is 1. The van der Waals surface area contributed by atoms with E-state index in [0.717, 1.165) is 6.07 Å². The molecule has 110 valence electrons. The van der Waals surface area contributed by atoms with Crippen LogP contribution in [0.5, 0.6) is 0 Å². The van der Waals surface area contributed by atoms with Gasteiger partial charge in [-0.1, -0.05) is 25.4 Å². The normalized spacial score (nSPS) is 12.2. The number of halogens is 1. The summed E-state index contributed by atoms with van der Waals surface area (Å²) in [6.45, 7) is 3.77. The Morgan fingerprint density at radius 3 is 2.65 bits per heavy atom. The quantitative estimate of drug-likeness (QED) is 0.623. The van der Waals surface area contributed by atoms with Crippen LogP contribution in [0.1, 0.15) is 30.6 Å². The number of aliphatic hydroxyl groups excluding tert-OH is 1. The number of hydrogen-bond acceptors (Lipinski definition) is 4. The topological polar surface area (TPSA) is 92.5 Å². The molecule has 7 heteroatoms. The van der Waals surface area contributed by atoms with E-state index in [1.165, 1.54) is 12.1 Å². The number of nitrogens with zero attached hydrogens (tertiary/aromatic N) is 1. The van der Waals surface area contributed by atoms with Gasteiger partial charge in [-0.25, -0.2) is 0 Å². The highest BCUT2D eigenvalue weighted by atomic mass is 35.5. The van der Waals surface area contributed by atoms with Gasteiger partial charge in [-0.05, 0) is 24.5 Å². The highest BCUT2D eigenvalue weighted by Crippen LogP contribution is 2.25. The van der Waals surface area contributed by atoms with Crippen LogP contribution >= 0.6 is 11.6 Å². The van der Waals surface area contributed by atoms with Gasteiger partial charge in [-0.15, -0.1) is 0 Å². The molecule has 0 aliphatic heterocycles. The second kappa shape index (κ2) is 7.21. The molecule has 0 bridgehead atoms. The summed E-state index contributed by atoms with van der Waals surface area (Å²) < 4.78 is 0. The van der Waals surface area contributed by atoms with Crippen LogP contribution in [0.4, 0.5) is 5.69 Å². The van der Waals surface area contributed by atoms with Crippen LogP contribution in [0, 0.1) is 16.0 Å². The maximum atomic E-state index is 12.0. The van der Waals surface area contributed by atoms with Gasteiger partial charge in [0, 0.05) is 11.6 Å². The first-order chi connectivity index (χ1) is 9.35. The molecule has 0 radical (unpaired) electrons. The molecule has 0 saturated heterocycles. The number of nitro groups is 1. The van der Waals surface area contributed by atoms with Gasteiger partial charge < -0.3 is 10.4 Å². The summed E-state index contributed by atoms with van der Waals surface area (Å²) in [4.78, 5) is 22.1. The molecule has 0 saturated carbocycles. The van der Waals surface area contributed by atoms with Crippen molar-refractivity contribution in [1.82, 2.24) is 5.32 Å². The maximum absolute atomic E-state index is 12.0. The van der Waals surface area contributed by atoms with Crippen molar-refractivity contribution in [3.63, 3.8) is 0 Å². The van der Waals surface area contributed by atoms with Gasteiger partial charge in [-0.3, -0.25) is 14.9 Å². The molecule has 0 aromatic heterocycles. The average molecular weight is 301 g/mol. The molecule has 2 N–H and O–H groups in total. The zero-order valence-electron chi connectivity index (χ0n) is 11.3. The summed E-state index contributed by atoms with van der Waals surface area (Å²) in [5, 5.41) is 22.6. The van der Waals surface area contributed by atoms with Crippen molar-refractivity contribution in [3.8, 4) is 0 Å². The Hall–Kier alpha value is -1.66. The molecule has 1 aromatic carbocycles. The Balaban J connectivity index is 2.87. The summed E-state index contributed by atoms with van der Waals surface area (Å²) in [7, 11) is 0. The fraction of sp³-hybridized carbons (Fsp3) is 0.462. The minimum absolute atomic E-state index is 0.0209. The number of rotatable bonds is 6. The van der Waals surface area contributed by atoms with Crippen molar-refractivity contribution in [3.05, 3.63) is 38.9 Å². The molecule has 20 heavy (non-hydrogen) atoms. The maximum Gasteiger partial charge on any atom is 0.288 e. The molecule has 1 aromatic rings. The van der Waals surface area contributed by atoms with Gasteiger partial charge in [0.1, 0.15) is 5.02 Å². The molecule has 1 atom stereocenters. The SMILES string of the molecule is CC(C)CC(CO)NC(=O)c1ccc(Cl)c([N+](=O)[O-])c1. The van der Waals surface area contributed by atoms with E-state index in [1.807, 2.05) is 13.8 Å². The number of aliphatic hydroxyl groups is 1. The molecular formula is C13H17ClN2O4. The van der Waals surface area contributed by atoms with E-state index in [0.29, 0.717) is 12.3 Å². The first-order valence-corrected chi connectivity index (χ1v) is 6.58. The van der Waals surface area contributed by atoms with E-state index >= 15 is 0 Å². The van der Waals surface area contributed by atoms with Crippen LogP contribution in [-0.4, -0.2) is 28.6 Å². The van der Waals surface area contributed by atoms with E-state index < -0.39 is 10.8 Å². The van der Waals surface area contributed by atoms with Crippen molar-refractivity contribution >= 4 is 23.2 Å². The number of amides is 1. The second-order valence-electron chi connectivity index (χ2n) is 4.91. The van der Waals surface area contributed by atoms with Crippen LogP contribution in [0.2, 0.25) is 5.02 Å². The van der Waals surface area contributed by atoms with Crippen LogP contribution in [0.25, 0.3) is 0 Å². The third kappa shape index (κ3) is 4.47. The van der Waals surface area contributed by atoms with Crippen LogP contribution in [0.3, 0.4) is 0 Å². The third-order valence-electron chi connectivity index (χ3n) is 2.72. The smallest absolute Gasteiger partial charge is 0.288 e. The highest BCUT2D eigenvalue weighted by molar-refractivity contribution is 6.32. The van der Waals surface area contributed by atoms with Crippen molar-refractivity contribution in [2.45, 2.75) is 26.3 Å². The number of carbonyl (C=O) groups is 1. The van der Waals surface area contributed by atoms with Gasteiger partial charge >= 0.3 is 0 Å². The lowest BCUT2D eigenvalue weighted by Gasteiger charge is -2.18. The van der Waals surface area contributed by atoms with Crippen molar-refractivity contribution < 1.29 is 14.8 Å². The number of hydrogen-bond donors (Lipinski definition) is 2. The zero-order chi connectivity index (χ0) is 15.3. The van der Waals surface area contributed by atoms with E-state index in [-0.39, 0.29) is 28.9 Å². The van der Waals surface area contributed by atoms with Crippen molar-refractivity contribution in [2.75, 3.05) is 6.61 Å². The number of nitro benzene ring substituents is 1. The monoisotopic (exact) mass is 300 g/mol. The van der Waals surface area contributed by atoms with E-state index in [2.05, 4.69) is 5.32 Å². The number of carbonyl (C=O) groups excluding carboxylic acids is 1. The highest BCUT2D eigenvalue weighted by Gasteiger charge is 2.18. The Labute approximate surface area is 121 Å². The van der Waals surface area contributed by atoms with Gasteiger partial charge in [0.05, 0.1) is 17.6 Å². The van der Waals surface area contributed by atoms with Gasteiger partial charge in [0.15, 0.2) is 0 Å². The van der Waals surface area contributed by atoms with Gasteiger partial charge in [-0.2, -0.15) is 0 Å². The summed E-state index contributed by atoms with van der Waals surface area (Å²) in [6, 6.07) is 3.47. The minimum Gasteiger partial charge on any atom is -0.394 e. The summed E-state index contributed by atoms with van der Waals surface area (Å²) in [5.74, 6) is -0.156. The standard InChI is InChI=1S/C13H17ClN2O4/c1-8(2)5-10(7-17)15-13(18)9-3-4-11(14)12(6-9)16(19)20/h3-4,6,8,10,17H,5,7H2,1-2H3,(H,15,18). The lowest BCUT2D eigenvalue weighted by atomic mass is 10.0. The molecule has 0 fully saturated rings. The molecule has 1 rings (SSSR count). The molecule has 6 nitrogen and oxygen atoms in total. The number of benzene rings is 1. The first kappa shape index (κ1) is 16.4. The fourth-order valence-corrected chi connectivity index (χ4v) is 2.00. The van der Waals surface area contributed by atoms with Crippen LogP contribution < -0.4 is 5.32 Å². The predicted octanol–water partition coefficient (Wildman–Crippen LogP) is 2.39. The summed E-state index contributed by atoms with van der Waals surface area (Å²) in [5.41, 5.74) is -0.174. The fourth-order valence-electron chi connectivity index (χ4n) is 1.81. The lowest BCUT2D eigenvalue weighted by Crippen LogP contribution is -2.38. The van der Waals surface area contributed by atoms with Gasteiger partial charge in [0.2, 0.25) is 0 Å². The van der Waals surface area contributed by atoms with Gasteiger partial charge in [0.25, 0.3) is 11.6 Å². The van der Waals surface area contributed by atoms with E-state index in [4.69, 9.17) is 11.6 Å². The van der Waals surface area contributed by atoms with Crippen molar-refractivity contribution in [2.24, 2.45) is 5.92 Å². The van der Waals surface area contributed by atoms with Crippen LogP contribution in [-0.2, 0) is 0 Å². The molecule has 1 amide bonds. The van der Waals surface area contributed by atoms with Crippen LogP contribution in [0.15, 0.2) is 18.2 Å². The Morgan fingerprint density at radius 2 is 2.15 bits per heavy atom. The third-order valence-corrected chi connectivity index (χ3v) is 3.04. The Kier molecular flexibility index (Phi) is 5.91. The lowest BCUT2D eigenvalue weighted by molar-refractivity contribution is -0.384.